The highest BCUT2D eigenvalue weighted by Gasteiger charge is 2.31. The Kier molecular flexibility index (Phi) is 3.67. The van der Waals surface area contributed by atoms with E-state index in [9.17, 15) is 4.79 Å². The predicted octanol–water partition coefficient (Wildman–Crippen LogP) is 2.93. The van der Waals surface area contributed by atoms with Gasteiger partial charge in [-0.15, -0.1) is 11.3 Å². The number of hydrogen-bond acceptors (Lipinski definition) is 4. The molecule has 2 aromatic rings. The minimum absolute atomic E-state index is 0.0449. The molecule has 2 aliphatic heterocycles. The summed E-state index contributed by atoms with van der Waals surface area (Å²) in [6.45, 7) is 1.95. The third-order valence-electron chi connectivity index (χ3n) is 4.33. The Morgan fingerprint density at radius 1 is 1.26 bits per heavy atom. The summed E-state index contributed by atoms with van der Waals surface area (Å²) in [6, 6.07) is 10.1. The molecule has 1 aromatic carbocycles. The molecule has 23 heavy (non-hydrogen) atoms. The Hall–Kier alpha value is -2.11. The zero-order valence-corrected chi connectivity index (χ0v) is 13.8. The highest BCUT2D eigenvalue weighted by atomic mass is 32.1. The SMILES string of the molecule is CN1CCc2c(sc3c2C(=O)N[C@H](/C=C/c2ccccc2)N3)C1. The van der Waals surface area contributed by atoms with E-state index in [0.717, 1.165) is 35.6 Å². The molecule has 0 bridgehead atoms. The van der Waals surface area contributed by atoms with Gasteiger partial charge in [-0.1, -0.05) is 36.4 Å². The minimum atomic E-state index is -0.159. The summed E-state index contributed by atoms with van der Waals surface area (Å²) in [4.78, 5) is 16.1. The number of amides is 1. The fourth-order valence-electron chi connectivity index (χ4n) is 3.13. The van der Waals surface area contributed by atoms with Crippen molar-refractivity contribution in [2.45, 2.75) is 19.1 Å². The average molecular weight is 325 g/mol. The lowest BCUT2D eigenvalue weighted by molar-refractivity contribution is 0.0942. The van der Waals surface area contributed by atoms with Gasteiger partial charge in [-0.25, -0.2) is 0 Å². The number of thiophene rings is 1. The molecule has 3 heterocycles. The van der Waals surface area contributed by atoms with Gasteiger partial charge in [-0.3, -0.25) is 4.79 Å². The van der Waals surface area contributed by atoms with Crippen molar-refractivity contribution in [3.8, 4) is 0 Å². The number of rotatable bonds is 2. The highest BCUT2D eigenvalue weighted by molar-refractivity contribution is 7.16. The maximum absolute atomic E-state index is 12.5. The number of fused-ring (bicyclic) bond motifs is 3. The number of nitrogens with one attached hydrogen (secondary N) is 2. The van der Waals surface area contributed by atoms with Gasteiger partial charge in [-0.05, 0) is 30.7 Å². The first-order chi connectivity index (χ1) is 11.2. The van der Waals surface area contributed by atoms with Gasteiger partial charge in [0.05, 0.1) is 5.56 Å². The first-order valence-corrected chi connectivity index (χ1v) is 8.66. The number of nitrogens with zero attached hydrogens (tertiary/aromatic N) is 1. The van der Waals surface area contributed by atoms with E-state index >= 15 is 0 Å². The van der Waals surface area contributed by atoms with E-state index in [-0.39, 0.29) is 12.1 Å². The van der Waals surface area contributed by atoms with Gasteiger partial charge < -0.3 is 15.5 Å². The monoisotopic (exact) mass is 325 g/mol. The van der Waals surface area contributed by atoms with Gasteiger partial charge in [0.2, 0.25) is 0 Å². The van der Waals surface area contributed by atoms with Crippen LogP contribution >= 0.6 is 11.3 Å². The fourth-order valence-corrected chi connectivity index (χ4v) is 4.49. The maximum atomic E-state index is 12.5. The molecule has 0 aliphatic carbocycles. The van der Waals surface area contributed by atoms with E-state index in [2.05, 4.69) is 22.6 Å². The molecule has 0 fully saturated rings. The summed E-state index contributed by atoms with van der Waals surface area (Å²) in [5, 5.41) is 7.51. The lowest BCUT2D eigenvalue weighted by atomic mass is 10.0. The average Bonchev–Trinajstić information content (AvgIpc) is 2.91. The molecule has 1 amide bonds. The van der Waals surface area contributed by atoms with Crippen molar-refractivity contribution in [1.82, 2.24) is 10.2 Å². The normalized spacial score (nSPS) is 20.7. The van der Waals surface area contributed by atoms with Gasteiger partial charge in [0.15, 0.2) is 0 Å². The number of carbonyl (C=O) groups is 1. The Labute approximate surface area is 139 Å². The van der Waals surface area contributed by atoms with E-state index in [4.69, 9.17) is 0 Å². The third kappa shape index (κ3) is 2.78. The van der Waals surface area contributed by atoms with Crippen LogP contribution in [0.5, 0.6) is 0 Å². The molecular weight excluding hydrogens is 306 g/mol. The van der Waals surface area contributed by atoms with Crippen LogP contribution in [0.1, 0.15) is 26.4 Å². The standard InChI is InChI=1S/C18H19N3OS/c1-21-10-9-13-14(11-21)23-18-16(13)17(22)19-15(20-18)8-7-12-5-3-2-4-6-12/h2-8,15,20H,9-11H2,1H3,(H,19,22)/b8-7+/t15-/m0/s1. The van der Waals surface area contributed by atoms with Crippen molar-refractivity contribution in [3.05, 3.63) is 58.0 Å². The second-order valence-electron chi connectivity index (χ2n) is 6.06. The zero-order chi connectivity index (χ0) is 15.8. The second kappa shape index (κ2) is 5.83. The lowest BCUT2D eigenvalue weighted by Crippen LogP contribution is -2.43. The van der Waals surface area contributed by atoms with Gasteiger partial charge in [-0.2, -0.15) is 0 Å². The largest absolute Gasteiger partial charge is 0.353 e. The molecule has 2 aliphatic rings. The second-order valence-corrected chi connectivity index (χ2v) is 7.17. The molecule has 0 spiro atoms. The molecule has 118 valence electrons. The van der Waals surface area contributed by atoms with Crippen LogP contribution in [0.25, 0.3) is 6.08 Å². The summed E-state index contributed by atoms with van der Waals surface area (Å²) in [7, 11) is 2.13. The number of benzene rings is 1. The molecule has 2 N–H and O–H groups in total. The molecule has 0 saturated carbocycles. The van der Waals surface area contributed by atoms with Crippen molar-refractivity contribution in [1.29, 1.82) is 0 Å². The van der Waals surface area contributed by atoms with Crippen molar-refractivity contribution in [2.24, 2.45) is 0 Å². The minimum Gasteiger partial charge on any atom is -0.353 e. The van der Waals surface area contributed by atoms with E-state index in [1.165, 1.54) is 10.4 Å². The zero-order valence-electron chi connectivity index (χ0n) is 13.0. The fraction of sp³-hybridized carbons (Fsp3) is 0.278. The molecule has 5 heteroatoms. The van der Waals surface area contributed by atoms with Gasteiger partial charge in [0.25, 0.3) is 5.91 Å². The van der Waals surface area contributed by atoms with E-state index in [1.54, 1.807) is 11.3 Å². The Morgan fingerprint density at radius 2 is 2.09 bits per heavy atom. The molecule has 0 unspecified atom stereocenters. The van der Waals surface area contributed by atoms with Crippen LogP contribution in [-0.4, -0.2) is 30.6 Å². The summed E-state index contributed by atoms with van der Waals surface area (Å²) in [5.74, 6) is 0.0449. The van der Waals surface area contributed by atoms with Crippen molar-refractivity contribution in [2.75, 3.05) is 18.9 Å². The Balaban J connectivity index is 1.58. The quantitative estimate of drug-likeness (QED) is 0.892. The van der Waals surface area contributed by atoms with Crippen LogP contribution in [0.4, 0.5) is 5.00 Å². The van der Waals surface area contributed by atoms with Crippen molar-refractivity contribution < 1.29 is 4.79 Å². The van der Waals surface area contributed by atoms with Gasteiger partial charge >= 0.3 is 0 Å². The number of carbonyl (C=O) groups excluding carboxylic acids is 1. The summed E-state index contributed by atoms with van der Waals surface area (Å²) in [5.41, 5.74) is 3.22. The van der Waals surface area contributed by atoms with E-state index in [0.29, 0.717) is 0 Å². The first kappa shape index (κ1) is 14.5. The molecular formula is C18H19N3OS. The van der Waals surface area contributed by atoms with Gasteiger partial charge in [0, 0.05) is 18.0 Å². The summed E-state index contributed by atoms with van der Waals surface area (Å²) >= 11 is 1.72. The molecule has 0 saturated heterocycles. The van der Waals surface area contributed by atoms with Crippen LogP contribution < -0.4 is 10.6 Å². The van der Waals surface area contributed by atoms with Gasteiger partial charge in [0.1, 0.15) is 11.2 Å². The van der Waals surface area contributed by atoms with Crippen LogP contribution in [0.3, 0.4) is 0 Å². The number of anilines is 1. The maximum Gasteiger partial charge on any atom is 0.256 e. The Morgan fingerprint density at radius 3 is 2.91 bits per heavy atom. The van der Waals surface area contributed by atoms with Crippen LogP contribution in [0, 0.1) is 0 Å². The smallest absolute Gasteiger partial charge is 0.256 e. The number of likely N-dealkylation sites (N-methyl/N-ethyl adjacent to an activating group) is 1. The number of hydrogen-bond donors (Lipinski definition) is 2. The third-order valence-corrected chi connectivity index (χ3v) is 5.48. The molecule has 1 aromatic heterocycles. The summed E-state index contributed by atoms with van der Waals surface area (Å²) < 4.78 is 0. The Bertz CT molecular complexity index is 766. The predicted molar refractivity (Wildman–Crippen MR) is 94.7 cm³/mol. The van der Waals surface area contributed by atoms with Crippen LogP contribution in [0.2, 0.25) is 0 Å². The van der Waals surface area contributed by atoms with Crippen molar-refractivity contribution in [3.63, 3.8) is 0 Å². The topological polar surface area (TPSA) is 44.4 Å². The van der Waals surface area contributed by atoms with Crippen LogP contribution in [-0.2, 0) is 13.0 Å². The molecule has 4 rings (SSSR count). The summed E-state index contributed by atoms with van der Waals surface area (Å²) in [6.07, 6.45) is 4.83. The van der Waals surface area contributed by atoms with Crippen molar-refractivity contribution >= 4 is 28.3 Å². The van der Waals surface area contributed by atoms with E-state index in [1.807, 2.05) is 42.5 Å². The van der Waals surface area contributed by atoms with Crippen LogP contribution in [0.15, 0.2) is 36.4 Å². The molecule has 0 radical (unpaired) electrons. The molecule has 4 nitrogen and oxygen atoms in total. The highest BCUT2D eigenvalue weighted by Crippen LogP contribution is 2.38. The van der Waals surface area contributed by atoms with E-state index < -0.39 is 0 Å². The first-order valence-electron chi connectivity index (χ1n) is 7.84. The lowest BCUT2D eigenvalue weighted by Gasteiger charge is -2.25. The molecule has 1 atom stereocenters.